The monoisotopic (exact) mass is 378 g/mol. The average molecular weight is 379 g/mol. The Morgan fingerprint density at radius 3 is 3.00 bits per heavy atom. The zero-order valence-electron chi connectivity index (χ0n) is 13.8. The van der Waals surface area contributed by atoms with E-state index in [2.05, 4.69) is 20.1 Å². The van der Waals surface area contributed by atoms with E-state index < -0.39 is 0 Å². The highest BCUT2D eigenvalue weighted by Crippen LogP contribution is 2.21. The molecule has 0 saturated heterocycles. The number of aromatic nitrogens is 3. The maximum absolute atomic E-state index is 12.0. The molecule has 0 fully saturated rings. The van der Waals surface area contributed by atoms with Gasteiger partial charge in [0.15, 0.2) is 0 Å². The van der Waals surface area contributed by atoms with Crippen molar-refractivity contribution in [1.82, 2.24) is 20.1 Å². The van der Waals surface area contributed by atoms with E-state index in [9.17, 15) is 4.79 Å². The van der Waals surface area contributed by atoms with Crippen molar-refractivity contribution in [1.29, 1.82) is 0 Å². The number of nitrogens with one attached hydrogen (secondary N) is 1. The van der Waals surface area contributed by atoms with Gasteiger partial charge in [-0.2, -0.15) is 0 Å². The number of nitrogens with zero attached hydrogens (tertiary/aromatic N) is 3. The molecule has 1 aliphatic heterocycles. The van der Waals surface area contributed by atoms with Crippen molar-refractivity contribution in [3.05, 3.63) is 51.5 Å². The fraction of sp³-hybridized carbons (Fsp3) is 0.389. The number of benzene rings is 1. The Hall–Kier alpha value is -1.85. The summed E-state index contributed by atoms with van der Waals surface area (Å²) in [5, 5.41) is 12.5. The molecule has 25 heavy (non-hydrogen) atoms. The molecular weight excluding hydrogens is 359 g/mol. The van der Waals surface area contributed by atoms with Crippen LogP contribution >= 0.6 is 23.2 Å². The molecule has 1 aliphatic rings. The normalized spacial score (nSPS) is 14.3. The van der Waals surface area contributed by atoms with Crippen molar-refractivity contribution < 1.29 is 4.79 Å². The largest absolute Gasteiger partial charge is 0.352 e. The minimum absolute atomic E-state index is 0.174. The molecule has 1 aromatic carbocycles. The van der Waals surface area contributed by atoms with Gasteiger partial charge in [0.2, 0.25) is 5.91 Å². The van der Waals surface area contributed by atoms with Crippen LogP contribution in [0.3, 0.4) is 0 Å². The number of carbonyl (C=O) groups is 1. The van der Waals surface area contributed by atoms with Crippen LogP contribution in [0.4, 0.5) is 0 Å². The van der Waals surface area contributed by atoms with E-state index in [-0.39, 0.29) is 5.91 Å². The Labute approximate surface area is 157 Å². The first-order valence-electron chi connectivity index (χ1n) is 8.45. The minimum atomic E-state index is -0.174. The topological polar surface area (TPSA) is 59.8 Å². The first-order valence-corrected chi connectivity index (χ1v) is 9.21. The lowest BCUT2D eigenvalue weighted by Gasteiger charge is -2.07. The molecule has 0 aliphatic carbocycles. The van der Waals surface area contributed by atoms with E-state index in [1.165, 1.54) is 18.9 Å². The number of amides is 1. The second-order valence-electron chi connectivity index (χ2n) is 6.03. The average Bonchev–Trinajstić information content (AvgIpc) is 2.83. The molecule has 0 saturated carbocycles. The van der Waals surface area contributed by atoms with Crippen molar-refractivity contribution in [2.75, 3.05) is 6.54 Å². The van der Waals surface area contributed by atoms with E-state index in [0.29, 0.717) is 28.6 Å². The van der Waals surface area contributed by atoms with Gasteiger partial charge in [-0.15, -0.1) is 10.2 Å². The summed E-state index contributed by atoms with van der Waals surface area (Å²) in [4.78, 5) is 12.0. The minimum Gasteiger partial charge on any atom is -0.352 e. The van der Waals surface area contributed by atoms with Crippen molar-refractivity contribution in [2.45, 2.75) is 38.6 Å². The number of hydrogen-bond acceptors (Lipinski definition) is 3. The number of hydrogen-bond donors (Lipinski definition) is 1. The zero-order chi connectivity index (χ0) is 17.6. The number of aryl methyl sites for hydroxylation is 1. The fourth-order valence-electron chi connectivity index (χ4n) is 2.89. The van der Waals surface area contributed by atoms with Crippen LogP contribution in [-0.4, -0.2) is 27.2 Å². The molecule has 7 heteroatoms. The SMILES string of the molecule is O=C(/C=C/c1cc(Cl)ccc1Cl)NCCc1nnc2n1CCCCC2. The molecule has 0 radical (unpaired) electrons. The van der Waals surface area contributed by atoms with Crippen molar-refractivity contribution >= 4 is 35.2 Å². The molecule has 2 heterocycles. The Balaban J connectivity index is 1.52. The van der Waals surface area contributed by atoms with E-state index in [1.807, 2.05) is 0 Å². The molecular formula is C18H20Cl2N4O. The maximum atomic E-state index is 12.0. The van der Waals surface area contributed by atoms with Crippen LogP contribution in [0, 0.1) is 0 Å². The van der Waals surface area contributed by atoms with Crippen LogP contribution in [0.15, 0.2) is 24.3 Å². The molecule has 0 atom stereocenters. The number of rotatable bonds is 5. The van der Waals surface area contributed by atoms with Crippen LogP contribution in [0.25, 0.3) is 6.08 Å². The van der Waals surface area contributed by atoms with Gasteiger partial charge in [-0.1, -0.05) is 29.6 Å². The lowest BCUT2D eigenvalue weighted by atomic mass is 10.2. The summed E-state index contributed by atoms with van der Waals surface area (Å²) in [5.41, 5.74) is 0.715. The van der Waals surface area contributed by atoms with Crippen molar-refractivity contribution in [2.24, 2.45) is 0 Å². The first-order chi connectivity index (χ1) is 12.1. The number of halogens is 2. The predicted octanol–water partition coefficient (Wildman–Crippen LogP) is 3.68. The fourth-order valence-corrected chi connectivity index (χ4v) is 3.26. The Bertz CT molecular complexity index is 785. The lowest BCUT2D eigenvalue weighted by molar-refractivity contribution is -0.116. The van der Waals surface area contributed by atoms with Gasteiger partial charge in [-0.25, -0.2) is 0 Å². The van der Waals surface area contributed by atoms with Crippen LogP contribution in [0.2, 0.25) is 10.0 Å². The van der Waals surface area contributed by atoms with Gasteiger partial charge in [0.25, 0.3) is 0 Å². The summed E-state index contributed by atoms with van der Waals surface area (Å²) in [5.74, 6) is 1.83. The van der Waals surface area contributed by atoms with Gasteiger partial charge in [0.05, 0.1) is 0 Å². The molecule has 132 valence electrons. The second-order valence-corrected chi connectivity index (χ2v) is 6.88. The van der Waals surface area contributed by atoms with Crippen LogP contribution in [0.5, 0.6) is 0 Å². The van der Waals surface area contributed by atoms with Gasteiger partial charge in [0.1, 0.15) is 11.6 Å². The summed E-state index contributed by atoms with van der Waals surface area (Å²) in [6, 6.07) is 5.14. The summed E-state index contributed by atoms with van der Waals surface area (Å²) in [6.07, 6.45) is 8.34. The van der Waals surface area contributed by atoms with E-state index >= 15 is 0 Å². The molecule has 1 amide bonds. The Morgan fingerprint density at radius 1 is 1.24 bits per heavy atom. The van der Waals surface area contributed by atoms with E-state index in [0.717, 1.165) is 31.0 Å². The van der Waals surface area contributed by atoms with Gasteiger partial charge in [-0.3, -0.25) is 4.79 Å². The van der Waals surface area contributed by atoms with Crippen LogP contribution in [0.1, 0.15) is 36.5 Å². The first kappa shape index (κ1) is 18.0. The summed E-state index contributed by atoms with van der Waals surface area (Å²) in [7, 11) is 0. The molecule has 5 nitrogen and oxygen atoms in total. The van der Waals surface area contributed by atoms with E-state index in [4.69, 9.17) is 23.2 Å². The highest BCUT2D eigenvalue weighted by Gasteiger charge is 2.14. The molecule has 1 N–H and O–H groups in total. The Kier molecular flexibility index (Phi) is 6.10. The molecule has 0 unspecified atom stereocenters. The van der Waals surface area contributed by atoms with Crippen LogP contribution < -0.4 is 5.32 Å². The second kappa shape index (κ2) is 8.50. The van der Waals surface area contributed by atoms with Gasteiger partial charge < -0.3 is 9.88 Å². The van der Waals surface area contributed by atoms with Gasteiger partial charge in [-0.05, 0) is 42.7 Å². The van der Waals surface area contributed by atoms with Gasteiger partial charge >= 0.3 is 0 Å². The standard InChI is InChI=1S/C18H20Cl2N4O/c19-14-6-7-15(20)13(12-14)5-8-18(25)21-10-9-17-23-22-16-4-2-1-3-11-24(16)17/h5-8,12H,1-4,9-11H2,(H,21,25)/b8-5+. The summed E-state index contributed by atoms with van der Waals surface area (Å²) < 4.78 is 2.20. The zero-order valence-corrected chi connectivity index (χ0v) is 15.4. The van der Waals surface area contributed by atoms with Crippen molar-refractivity contribution in [3.8, 4) is 0 Å². The summed E-state index contributed by atoms with van der Waals surface area (Å²) in [6.45, 7) is 1.49. The van der Waals surface area contributed by atoms with Gasteiger partial charge in [0, 0.05) is 42.1 Å². The number of carbonyl (C=O) groups excluding carboxylic acids is 1. The quantitative estimate of drug-likeness (QED) is 0.807. The maximum Gasteiger partial charge on any atom is 0.244 e. The molecule has 0 spiro atoms. The highest BCUT2D eigenvalue weighted by atomic mass is 35.5. The predicted molar refractivity (Wildman–Crippen MR) is 99.8 cm³/mol. The van der Waals surface area contributed by atoms with Crippen LogP contribution in [-0.2, 0) is 24.2 Å². The summed E-state index contributed by atoms with van der Waals surface area (Å²) >= 11 is 12.0. The highest BCUT2D eigenvalue weighted by molar-refractivity contribution is 6.34. The Morgan fingerprint density at radius 2 is 2.12 bits per heavy atom. The lowest BCUT2D eigenvalue weighted by Crippen LogP contribution is -2.24. The van der Waals surface area contributed by atoms with E-state index in [1.54, 1.807) is 24.3 Å². The van der Waals surface area contributed by atoms with Crippen molar-refractivity contribution in [3.63, 3.8) is 0 Å². The third kappa shape index (κ3) is 4.83. The molecule has 3 rings (SSSR count). The third-order valence-corrected chi connectivity index (χ3v) is 4.79. The molecule has 2 aromatic rings. The molecule has 0 bridgehead atoms. The smallest absolute Gasteiger partial charge is 0.244 e. The number of fused-ring (bicyclic) bond motifs is 1. The molecule has 1 aromatic heterocycles. The third-order valence-electron chi connectivity index (χ3n) is 4.21.